The van der Waals surface area contributed by atoms with Crippen LogP contribution in [0.2, 0.25) is 0 Å². The second-order valence-electron chi connectivity index (χ2n) is 17.3. The molecule has 0 aliphatic heterocycles. The maximum absolute atomic E-state index is 2.47. The van der Waals surface area contributed by atoms with Crippen molar-refractivity contribution < 1.29 is 0 Å². The van der Waals surface area contributed by atoms with Gasteiger partial charge in [0.15, 0.2) is 0 Å². The van der Waals surface area contributed by atoms with Crippen LogP contribution in [-0.2, 0) is 5.41 Å². The molecule has 10 aromatic carbocycles. The van der Waals surface area contributed by atoms with Crippen LogP contribution < -0.4 is 9.80 Å². The smallest absolute Gasteiger partial charge is 0.0543 e. The largest absolute Gasteiger partial charge is 0.311 e. The highest BCUT2D eigenvalue weighted by atomic mass is 15.1. The van der Waals surface area contributed by atoms with Crippen LogP contribution in [0.25, 0.3) is 55.6 Å². The minimum Gasteiger partial charge on any atom is -0.311 e. The molecule has 0 aromatic heterocycles. The third-order valence-electron chi connectivity index (χ3n) is 13.1. The molecule has 0 unspecified atom stereocenters. The Morgan fingerprint density at radius 3 is 1.12 bits per heavy atom. The van der Waals surface area contributed by atoms with Crippen LogP contribution in [0.1, 0.15) is 25.0 Å². The SMILES string of the molecule is CC1(C)c2ccccc2-c2cc(-c3ccc(N(c4ccccc4)c4ccccc4)cc3)c(N(c3ccc(-c4ccccc4)cc3)c3ccc(-c4ccccc4-c4ccccc4)cc3)cc21. The van der Waals surface area contributed by atoms with Crippen LogP contribution in [0.5, 0.6) is 0 Å². The number of fused-ring (bicyclic) bond motifs is 3. The first-order chi connectivity index (χ1) is 32.0. The van der Waals surface area contributed by atoms with Gasteiger partial charge in [0.05, 0.1) is 5.69 Å². The van der Waals surface area contributed by atoms with Crippen molar-refractivity contribution in [3.8, 4) is 55.6 Å². The fraction of sp³-hybridized carbons (Fsp3) is 0.0476. The molecular weight excluding hydrogens is 785 g/mol. The zero-order valence-corrected chi connectivity index (χ0v) is 36.6. The molecule has 0 heterocycles. The van der Waals surface area contributed by atoms with Crippen LogP contribution >= 0.6 is 0 Å². The minimum atomic E-state index is -0.192. The van der Waals surface area contributed by atoms with E-state index in [-0.39, 0.29) is 5.41 Å². The predicted octanol–water partition coefficient (Wildman–Crippen LogP) is 17.6. The first-order valence-electron chi connectivity index (χ1n) is 22.5. The first kappa shape index (κ1) is 39.6. The topological polar surface area (TPSA) is 6.48 Å². The van der Waals surface area contributed by atoms with Crippen molar-refractivity contribution >= 4 is 34.1 Å². The van der Waals surface area contributed by atoms with E-state index >= 15 is 0 Å². The van der Waals surface area contributed by atoms with Gasteiger partial charge in [0.2, 0.25) is 0 Å². The summed E-state index contributed by atoms with van der Waals surface area (Å²) in [4.78, 5) is 4.79. The second kappa shape index (κ2) is 16.8. The highest BCUT2D eigenvalue weighted by molar-refractivity contribution is 5.96. The lowest BCUT2D eigenvalue weighted by Gasteiger charge is -2.31. The van der Waals surface area contributed by atoms with Crippen LogP contribution in [-0.4, -0.2) is 0 Å². The molecule has 0 N–H and O–H groups in total. The zero-order valence-electron chi connectivity index (χ0n) is 36.6. The molecule has 0 atom stereocenters. The number of hydrogen-bond acceptors (Lipinski definition) is 2. The average Bonchev–Trinajstić information content (AvgIpc) is 3.60. The standard InChI is InChI=1S/C63H48N2/c1-63(2)60-30-18-17-29-57(60)59-43-58(49-35-39-52(40-36-49)64(50-23-11-5-12-24-50)51-25-13-6-14-26-51)62(44-61(59)63)65(53-37-31-46(32-38-53)45-19-7-3-8-20-45)54-41-33-48(34-42-54)56-28-16-15-27-55(56)47-21-9-4-10-22-47/h3-44H,1-2H3. The molecular formula is C63H48N2. The average molecular weight is 833 g/mol. The Bertz CT molecular complexity index is 3190. The van der Waals surface area contributed by atoms with E-state index in [1.165, 1.54) is 61.2 Å². The van der Waals surface area contributed by atoms with Crippen molar-refractivity contribution in [2.45, 2.75) is 19.3 Å². The van der Waals surface area contributed by atoms with Gasteiger partial charge >= 0.3 is 0 Å². The van der Waals surface area contributed by atoms with Crippen LogP contribution in [0.15, 0.2) is 255 Å². The quantitative estimate of drug-likeness (QED) is 0.135. The minimum absolute atomic E-state index is 0.192. The van der Waals surface area contributed by atoms with Gasteiger partial charge in [0, 0.05) is 39.4 Å². The number of rotatable bonds is 10. The Kier molecular flexibility index (Phi) is 10.3. The van der Waals surface area contributed by atoms with Gasteiger partial charge in [-0.3, -0.25) is 0 Å². The summed E-state index contributed by atoms with van der Waals surface area (Å²) in [6, 6.07) is 92.5. The van der Waals surface area contributed by atoms with Gasteiger partial charge in [0.25, 0.3) is 0 Å². The third-order valence-corrected chi connectivity index (χ3v) is 13.1. The van der Waals surface area contributed by atoms with Gasteiger partial charge in [-0.25, -0.2) is 0 Å². The fourth-order valence-corrected chi connectivity index (χ4v) is 9.80. The molecule has 1 aliphatic carbocycles. The summed E-state index contributed by atoms with van der Waals surface area (Å²) in [5, 5.41) is 0. The summed E-state index contributed by atoms with van der Waals surface area (Å²) in [5.74, 6) is 0. The highest BCUT2D eigenvalue weighted by Crippen LogP contribution is 2.54. The number of para-hydroxylation sites is 2. The summed E-state index contributed by atoms with van der Waals surface area (Å²) >= 11 is 0. The molecule has 11 rings (SSSR count). The molecule has 0 amide bonds. The Balaban J connectivity index is 1.10. The molecule has 0 fully saturated rings. The number of benzene rings is 10. The fourth-order valence-electron chi connectivity index (χ4n) is 9.80. The number of nitrogens with zero attached hydrogens (tertiary/aromatic N) is 2. The monoisotopic (exact) mass is 832 g/mol. The lowest BCUT2D eigenvalue weighted by atomic mass is 9.81. The Hall–Kier alpha value is -8.20. The maximum atomic E-state index is 2.47. The summed E-state index contributed by atoms with van der Waals surface area (Å²) in [7, 11) is 0. The van der Waals surface area contributed by atoms with E-state index in [4.69, 9.17) is 0 Å². The zero-order chi connectivity index (χ0) is 43.7. The predicted molar refractivity (Wildman–Crippen MR) is 275 cm³/mol. The van der Waals surface area contributed by atoms with Crippen LogP contribution in [0.3, 0.4) is 0 Å². The molecule has 310 valence electrons. The summed E-state index contributed by atoms with van der Waals surface area (Å²) in [6.45, 7) is 4.74. The molecule has 0 radical (unpaired) electrons. The van der Waals surface area contributed by atoms with E-state index < -0.39 is 0 Å². The van der Waals surface area contributed by atoms with Crippen molar-refractivity contribution in [3.05, 3.63) is 266 Å². The molecule has 10 aromatic rings. The van der Waals surface area contributed by atoms with Crippen molar-refractivity contribution in [3.63, 3.8) is 0 Å². The maximum Gasteiger partial charge on any atom is 0.0543 e. The lowest BCUT2D eigenvalue weighted by Crippen LogP contribution is -2.17. The molecule has 1 aliphatic rings. The van der Waals surface area contributed by atoms with E-state index in [1.54, 1.807) is 0 Å². The third kappa shape index (κ3) is 7.39. The van der Waals surface area contributed by atoms with Gasteiger partial charge < -0.3 is 9.80 Å². The van der Waals surface area contributed by atoms with E-state index in [9.17, 15) is 0 Å². The van der Waals surface area contributed by atoms with Gasteiger partial charge in [-0.05, 0) is 134 Å². The molecule has 0 saturated carbocycles. The Morgan fingerprint density at radius 2 is 0.600 bits per heavy atom. The molecule has 2 nitrogen and oxygen atoms in total. The lowest BCUT2D eigenvalue weighted by molar-refractivity contribution is 0.660. The van der Waals surface area contributed by atoms with E-state index in [0.29, 0.717) is 0 Å². The molecule has 0 spiro atoms. The van der Waals surface area contributed by atoms with E-state index in [1.807, 2.05) is 0 Å². The number of hydrogen-bond donors (Lipinski definition) is 0. The normalized spacial score (nSPS) is 12.3. The molecule has 0 saturated heterocycles. The van der Waals surface area contributed by atoms with Crippen LogP contribution in [0, 0.1) is 0 Å². The Labute approximate surface area is 383 Å². The van der Waals surface area contributed by atoms with Crippen molar-refractivity contribution in [2.24, 2.45) is 0 Å². The summed E-state index contributed by atoms with van der Waals surface area (Å²) < 4.78 is 0. The number of anilines is 6. The van der Waals surface area contributed by atoms with Crippen molar-refractivity contribution in [1.29, 1.82) is 0 Å². The van der Waals surface area contributed by atoms with E-state index in [0.717, 1.165) is 39.7 Å². The van der Waals surface area contributed by atoms with E-state index in [2.05, 4.69) is 278 Å². The van der Waals surface area contributed by atoms with Gasteiger partial charge in [0.1, 0.15) is 0 Å². The molecule has 2 heteroatoms. The second-order valence-corrected chi connectivity index (χ2v) is 17.3. The summed E-state index contributed by atoms with van der Waals surface area (Å²) in [6.07, 6.45) is 0. The van der Waals surface area contributed by atoms with Gasteiger partial charge in [-0.2, -0.15) is 0 Å². The van der Waals surface area contributed by atoms with Crippen molar-refractivity contribution in [1.82, 2.24) is 0 Å². The highest BCUT2D eigenvalue weighted by Gasteiger charge is 2.37. The first-order valence-corrected chi connectivity index (χ1v) is 22.5. The van der Waals surface area contributed by atoms with Crippen LogP contribution in [0.4, 0.5) is 34.1 Å². The molecule has 0 bridgehead atoms. The molecule has 65 heavy (non-hydrogen) atoms. The Morgan fingerprint density at radius 1 is 0.246 bits per heavy atom. The summed E-state index contributed by atoms with van der Waals surface area (Å²) in [5.41, 5.74) is 21.2. The van der Waals surface area contributed by atoms with Crippen molar-refractivity contribution in [2.75, 3.05) is 9.80 Å². The van der Waals surface area contributed by atoms with Gasteiger partial charge in [-0.1, -0.05) is 196 Å². The van der Waals surface area contributed by atoms with Gasteiger partial charge in [-0.15, -0.1) is 0 Å².